The van der Waals surface area contributed by atoms with Gasteiger partial charge in [0, 0.05) is 18.0 Å². The van der Waals surface area contributed by atoms with E-state index in [0.29, 0.717) is 22.5 Å². The fraction of sp³-hybridized carbons (Fsp3) is 0.240. The number of nitrogens with zero attached hydrogens (tertiary/aromatic N) is 2. The van der Waals surface area contributed by atoms with Crippen molar-refractivity contribution in [1.82, 2.24) is 15.3 Å². The van der Waals surface area contributed by atoms with E-state index in [1.807, 2.05) is 6.07 Å². The van der Waals surface area contributed by atoms with Crippen LogP contribution in [0.25, 0.3) is 6.08 Å². The lowest BCUT2D eigenvalue weighted by atomic mass is 9.93. The smallest absolute Gasteiger partial charge is 0.345 e. The molecule has 0 aliphatic rings. The van der Waals surface area contributed by atoms with Crippen LogP contribution in [0.2, 0.25) is 0 Å². The maximum Gasteiger partial charge on any atom is 0.399 e. The van der Waals surface area contributed by atoms with Gasteiger partial charge in [-0.1, -0.05) is 53.6 Å². The molecule has 7 heteroatoms. The van der Waals surface area contributed by atoms with E-state index in [4.69, 9.17) is 0 Å². The Morgan fingerprint density at radius 1 is 1.03 bits per heavy atom. The highest BCUT2D eigenvalue weighted by atomic mass is 19.4. The number of rotatable bonds is 6. The highest BCUT2D eigenvalue weighted by Gasteiger charge is 2.39. The van der Waals surface area contributed by atoms with Crippen molar-refractivity contribution in [3.8, 4) is 0 Å². The van der Waals surface area contributed by atoms with Crippen molar-refractivity contribution >= 4 is 12.0 Å². The van der Waals surface area contributed by atoms with E-state index in [1.54, 1.807) is 69.6 Å². The van der Waals surface area contributed by atoms with E-state index in [9.17, 15) is 18.0 Å². The van der Waals surface area contributed by atoms with Crippen LogP contribution in [0.15, 0.2) is 60.9 Å². The first-order chi connectivity index (χ1) is 15.1. The van der Waals surface area contributed by atoms with Crippen molar-refractivity contribution in [2.24, 2.45) is 0 Å². The van der Waals surface area contributed by atoms with Crippen LogP contribution in [0, 0.1) is 20.8 Å². The summed E-state index contributed by atoms with van der Waals surface area (Å²) < 4.78 is 41.2. The Balaban J connectivity index is 1.77. The molecule has 2 aromatic carbocycles. The van der Waals surface area contributed by atoms with E-state index < -0.39 is 12.1 Å². The third-order valence-corrected chi connectivity index (χ3v) is 4.96. The maximum absolute atomic E-state index is 13.7. The first-order valence-electron chi connectivity index (χ1n) is 10.1. The predicted molar refractivity (Wildman–Crippen MR) is 118 cm³/mol. The summed E-state index contributed by atoms with van der Waals surface area (Å²) in [6.45, 7) is 5.50. The van der Waals surface area contributed by atoms with Crippen molar-refractivity contribution in [2.75, 3.05) is 0 Å². The van der Waals surface area contributed by atoms with Crippen molar-refractivity contribution in [1.29, 1.82) is 0 Å². The number of benzene rings is 2. The van der Waals surface area contributed by atoms with Gasteiger partial charge < -0.3 is 5.32 Å². The van der Waals surface area contributed by atoms with Crippen LogP contribution in [0.1, 0.15) is 49.9 Å². The SMILES string of the molecule is Cc1cc(C)cc(C(/C=C/c2ccc(C(=O)NCc3ncccn3)c(C)c2)C(F)(F)F)c1. The number of aromatic nitrogens is 2. The molecule has 166 valence electrons. The molecule has 1 aromatic heterocycles. The number of amides is 1. The minimum Gasteiger partial charge on any atom is -0.345 e. The van der Waals surface area contributed by atoms with Gasteiger partial charge in [-0.05, 0) is 49.6 Å². The van der Waals surface area contributed by atoms with Crippen molar-refractivity contribution in [2.45, 2.75) is 39.4 Å². The zero-order chi connectivity index (χ0) is 23.3. The van der Waals surface area contributed by atoms with Gasteiger partial charge in [0.1, 0.15) is 5.82 Å². The summed E-state index contributed by atoms with van der Waals surface area (Å²) in [5.41, 5.74) is 3.48. The number of allylic oxidation sites excluding steroid dienone is 1. The first kappa shape index (κ1) is 23.2. The summed E-state index contributed by atoms with van der Waals surface area (Å²) in [5.74, 6) is -1.52. The molecule has 1 atom stereocenters. The van der Waals surface area contributed by atoms with E-state index in [-0.39, 0.29) is 18.0 Å². The summed E-state index contributed by atoms with van der Waals surface area (Å²) in [5, 5.41) is 2.75. The van der Waals surface area contributed by atoms with Gasteiger partial charge in [-0.2, -0.15) is 13.2 Å². The molecule has 4 nitrogen and oxygen atoms in total. The van der Waals surface area contributed by atoms with Gasteiger partial charge in [0.2, 0.25) is 0 Å². The van der Waals surface area contributed by atoms with Gasteiger partial charge in [0.15, 0.2) is 0 Å². The van der Waals surface area contributed by atoms with E-state index in [2.05, 4.69) is 15.3 Å². The quantitative estimate of drug-likeness (QED) is 0.537. The van der Waals surface area contributed by atoms with E-state index >= 15 is 0 Å². The van der Waals surface area contributed by atoms with E-state index in [0.717, 1.165) is 17.2 Å². The van der Waals surface area contributed by atoms with Gasteiger partial charge in [-0.15, -0.1) is 0 Å². The largest absolute Gasteiger partial charge is 0.399 e. The second-order valence-electron chi connectivity index (χ2n) is 7.72. The third kappa shape index (κ3) is 6.03. The lowest BCUT2D eigenvalue weighted by Crippen LogP contribution is -2.24. The number of hydrogen-bond donors (Lipinski definition) is 1. The Labute approximate surface area is 185 Å². The fourth-order valence-electron chi connectivity index (χ4n) is 3.53. The molecular weight excluding hydrogens is 415 g/mol. The van der Waals surface area contributed by atoms with Crippen molar-refractivity contribution < 1.29 is 18.0 Å². The molecule has 0 spiro atoms. The molecule has 0 aliphatic heterocycles. The van der Waals surface area contributed by atoms with Gasteiger partial charge in [-0.25, -0.2) is 9.97 Å². The topological polar surface area (TPSA) is 54.9 Å². The molecular formula is C25H24F3N3O. The molecule has 3 rings (SSSR count). The number of hydrogen-bond acceptors (Lipinski definition) is 3. The molecule has 0 aliphatic carbocycles. The van der Waals surface area contributed by atoms with Gasteiger partial charge in [0.25, 0.3) is 5.91 Å². The Bertz CT molecular complexity index is 1100. The van der Waals surface area contributed by atoms with Crippen LogP contribution in [0.4, 0.5) is 13.2 Å². The molecule has 0 saturated carbocycles. The molecule has 1 N–H and O–H groups in total. The summed E-state index contributed by atoms with van der Waals surface area (Å²) in [6, 6.07) is 11.6. The van der Waals surface area contributed by atoms with Crippen LogP contribution >= 0.6 is 0 Å². The molecule has 3 aromatic rings. The normalized spacial score (nSPS) is 12.7. The number of nitrogens with one attached hydrogen (secondary N) is 1. The fourth-order valence-corrected chi connectivity index (χ4v) is 3.53. The van der Waals surface area contributed by atoms with Crippen LogP contribution in [-0.4, -0.2) is 22.1 Å². The Morgan fingerprint density at radius 2 is 1.69 bits per heavy atom. The van der Waals surface area contributed by atoms with Crippen LogP contribution in [0.5, 0.6) is 0 Å². The zero-order valence-corrected chi connectivity index (χ0v) is 18.1. The summed E-state index contributed by atoms with van der Waals surface area (Å²) >= 11 is 0. The summed E-state index contributed by atoms with van der Waals surface area (Å²) in [4.78, 5) is 20.6. The van der Waals surface area contributed by atoms with Crippen LogP contribution in [0.3, 0.4) is 0 Å². The number of alkyl halides is 3. The van der Waals surface area contributed by atoms with E-state index in [1.165, 1.54) is 6.08 Å². The first-order valence-corrected chi connectivity index (χ1v) is 10.1. The minimum atomic E-state index is -4.41. The highest BCUT2D eigenvalue weighted by molar-refractivity contribution is 5.95. The van der Waals surface area contributed by atoms with Gasteiger partial charge >= 0.3 is 6.18 Å². The molecule has 0 bridgehead atoms. The molecule has 0 fully saturated rings. The summed E-state index contributed by atoms with van der Waals surface area (Å²) in [7, 11) is 0. The molecule has 1 amide bonds. The maximum atomic E-state index is 13.7. The van der Waals surface area contributed by atoms with Crippen molar-refractivity contribution in [3.05, 3.63) is 100 Å². The molecule has 1 heterocycles. The van der Waals surface area contributed by atoms with Crippen LogP contribution < -0.4 is 5.32 Å². The minimum absolute atomic E-state index is 0.184. The Morgan fingerprint density at radius 3 is 2.28 bits per heavy atom. The highest BCUT2D eigenvalue weighted by Crippen LogP contribution is 2.37. The van der Waals surface area contributed by atoms with Crippen molar-refractivity contribution in [3.63, 3.8) is 0 Å². The average Bonchev–Trinajstić information content (AvgIpc) is 2.71. The Kier molecular flexibility index (Phi) is 7.08. The molecule has 0 radical (unpaired) electrons. The van der Waals surface area contributed by atoms with Gasteiger partial charge in [0.05, 0.1) is 12.5 Å². The molecule has 1 unspecified atom stereocenters. The monoisotopic (exact) mass is 439 g/mol. The number of carbonyl (C=O) groups excluding carboxylic acids is 1. The van der Waals surface area contributed by atoms with Gasteiger partial charge in [-0.3, -0.25) is 4.79 Å². The predicted octanol–water partition coefficient (Wildman–Crippen LogP) is 5.69. The van der Waals surface area contributed by atoms with Crippen LogP contribution in [-0.2, 0) is 6.54 Å². The second-order valence-corrected chi connectivity index (χ2v) is 7.72. The number of carbonyl (C=O) groups is 1. The average molecular weight is 439 g/mol. The second kappa shape index (κ2) is 9.77. The molecule has 32 heavy (non-hydrogen) atoms. The lowest BCUT2D eigenvalue weighted by Gasteiger charge is -2.18. The number of halogens is 3. The third-order valence-electron chi connectivity index (χ3n) is 4.96. The number of aryl methyl sites for hydroxylation is 3. The summed E-state index contributed by atoms with van der Waals surface area (Å²) in [6.07, 6.45) is 1.38. The zero-order valence-electron chi connectivity index (χ0n) is 18.1. The lowest BCUT2D eigenvalue weighted by molar-refractivity contribution is -0.139. The Hall–Kier alpha value is -3.48. The molecule has 0 saturated heterocycles. The standard InChI is InChI=1S/C25H24F3N3O/c1-16-11-17(2)13-20(12-16)22(25(26,27)28)8-6-19-5-7-21(18(3)14-19)24(32)31-15-23-29-9-4-10-30-23/h4-14,22H,15H2,1-3H3,(H,31,32)/b8-6+.